The van der Waals surface area contributed by atoms with E-state index in [2.05, 4.69) is 6.92 Å². The zero-order valence-electron chi connectivity index (χ0n) is 11.9. The molecule has 2 aliphatic rings. The summed E-state index contributed by atoms with van der Waals surface area (Å²) in [5, 5.41) is 0. The van der Waals surface area contributed by atoms with E-state index < -0.39 is 0 Å². The Balaban J connectivity index is 1.69. The minimum absolute atomic E-state index is 1.09. The maximum atomic E-state index is 2.33. The van der Waals surface area contributed by atoms with Crippen molar-refractivity contribution in [3.05, 3.63) is 0 Å². The number of rotatable bonds is 8. The van der Waals surface area contributed by atoms with Crippen LogP contribution in [0.1, 0.15) is 90.4 Å². The predicted octanol–water partition coefficient (Wildman–Crippen LogP) is 5.95. The van der Waals surface area contributed by atoms with E-state index in [1.54, 1.807) is 44.9 Å². The second-order valence-electron chi connectivity index (χ2n) is 6.78. The van der Waals surface area contributed by atoms with Gasteiger partial charge in [0.05, 0.1) is 0 Å². The van der Waals surface area contributed by atoms with Crippen molar-refractivity contribution in [1.29, 1.82) is 0 Å². The van der Waals surface area contributed by atoms with Gasteiger partial charge in [0.2, 0.25) is 0 Å². The Morgan fingerprint density at radius 3 is 1.88 bits per heavy atom. The van der Waals surface area contributed by atoms with Gasteiger partial charge in [-0.25, -0.2) is 0 Å². The fourth-order valence-electron chi connectivity index (χ4n) is 3.93. The van der Waals surface area contributed by atoms with Gasteiger partial charge in [-0.2, -0.15) is 0 Å². The molecule has 1 unspecified atom stereocenters. The second kappa shape index (κ2) is 7.44. The normalized spacial score (nSPS) is 23.8. The highest BCUT2D eigenvalue weighted by Crippen LogP contribution is 2.39. The molecule has 0 heterocycles. The Labute approximate surface area is 109 Å². The third-order valence-corrected chi connectivity index (χ3v) is 5.25. The zero-order chi connectivity index (χ0) is 11.9. The lowest BCUT2D eigenvalue weighted by atomic mass is 9.75. The molecule has 0 aromatic rings. The molecule has 2 aliphatic carbocycles. The second-order valence-corrected chi connectivity index (χ2v) is 6.78. The molecule has 2 saturated carbocycles. The SMILES string of the molecule is CCCCCC(CC1CCCC1)CC1CCC1. The minimum Gasteiger partial charge on any atom is -0.0654 e. The maximum Gasteiger partial charge on any atom is -0.0409 e. The third-order valence-electron chi connectivity index (χ3n) is 5.25. The van der Waals surface area contributed by atoms with Gasteiger partial charge in [-0.15, -0.1) is 0 Å². The highest BCUT2D eigenvalue weighted by molar-refractivity contribution is 4.77. The van der Waals surface area contributed by atoms with Gasteiger partial charge in [0.1, 0.15) is 0 Å². The zero-order valence-corrected chi connectivity index (χ0v) is 11.9. The van der Waals surface area contributed by atoms with Crippen molar-refractivity contribution >= 4 is 0 Å². The number of unbranched alkanes of at least 4 members (excludes halogenated alkanes) is 2. The van der Waals surface area contributed by atoms with Gasteiger partial charge in [0.25, 0.3) is 0 Å². The molecule has 0 nitrogen and oxygen atoms in total. The van der Waals surface area contributed by atoms with Crippen LogP contribution in [-0.4, -0.2) is 0 Å². The summed E-state index contributed by atoms with van der Waals surface area (Å²) in [6.07, 6.45) is 19.8. The molecule has 0 aromatic heterocycles. The monoisotopic (exact) mass is 236 g/mol. The summed E-state index contributed by atoms with van der Waals surface area (Å²) in [5.74, 6) is 3.33. The van der Waals surface area contributed by atoms with Crippen LogP contribution in [0, 0.1) is 17.8 Å². The summed E-state index contributed by atoms with van der Waals surface area (Å²) < 4.78 is 0. The Morgan fingerprint density at radius 2 is 1.41 bits per heavy atom. The molecule has 2 fully saturated rings. The summed E-state index contributed by atoms with van der Waals surface area (Å²) in [4.78, 5) is 0. The molecular weight excluding hydrogens is 204 g/mol. The Hall–Kier alpha value is 0. The Morgan fingerprint density at radius 1 is 0.824 bits per heavy atom. The average Bonchev–Trinajstić information content (AvgIpc) is 2.76. The molecule has 0 heteroatoms. The van der Waals surface area contributed by atoms with E-state index in [1.165, 1.54) is 38.5 Å². The van der Waals surface area contributed by atoms with Crippen LogP contribution in [0.2, 0.25) is 0 Å². The third kappa shape index (κ3) is 4.64. The van der Waals surface area contributed by atoms with Crippen LogP contribution in [0.25, 0.3) is 0 Å². The molecule has 2 rings (SSSR count). The summed E-state index contributed by atoms with van der Waals surface area (Å²) in [7, 11) is 0. The number of hydrogen-bond acceptors (Lipinski definition) is 0. The van der Waals surface area contributed by atoms with E-state index >= 15 is 0 Å². The van der Waals surface area contributed by atoms with Crippen LogP contribution in [0.3, 0.4) is 0 Å². The summed E-state index contributed by atoms with van der Waals surface area (Å²) >= 11 is 0. The molecule has 0 radical (unpaired) electrons. The fourth-order valence-corrected chi connectivity index (χ4v) is 3.93. The van der Waals surface area contributed by atoms with Crippen molar-refractivity contribution < 1.29 is 0 Å². The van der Waals surface area contributed by atoms with Crippen molar-refractivity contribution in [1.82, 2.24) is 0 Å². The lowest BCUT2D eigenvalue weighted by Crippen LogP contribution is -2.17. The minimum atomic E-state index is 1.09. The molecule has 0 bridgehead atoms. The van der Waals surface area contributed by atoms with Gasteiger partial charge in [0, 0.05) is 0 Å². The maximum absolute atomic E-state index is 2.33. The van der Waals surface area contributed by atoms with Crippen molar-refractivity contribution in [2.45, 2.75) is 90.4 Å². The number of hydrogen-bond donors (Lipinski definition) is 0. The van der Waals surface area contributed by atoms with Gasteiger partial charge in [-0.3, -0.25) is 0 Å². The van der Waals surface area contributed by atoms with E-state index in [0.717, 1.165) is 17.8 Å². The van der Waals surface area contributed by atoms with Crippen LogP contribution in [0.15, 0.2) is 0 Å². The van der Waals surface area contributed by atoms with E-state index in [9.17, 15) is 0 Å². The van der Waals surface area contributed by atoms with E-state index in [-0.39, 0.29) is 0 Å². The van der Waals surface area contributed by atoms with Crippen LogP contribution in [0.4, 0.5) is 0 Å². The van der Waals surface area contributed by atoms with Crippen molar-refractivity contribution in [3.63, 3.8) is 0 Å². The molecule has 1 atom stereocenters. The molecule has 17 heavy (non-hydrogen) atoms. The highest BCUT2D eigenvalue weighted by Gasteiger charge is 2.25. The van der Waals surface area contributed by atoms with Gasteiger partial charge in [-0.05, 0) is 30.6 Å². The smallest absolute Gasteiger partial charge is 0.0409 e. The first kappa shape index (κ1) is 13.4. The van der Waals surface area contributed by atoms with Gasteiger partial charge >= 0.3 is 0 Å². The van der Waals surface area contributed by atoms with Gasteiger partial charge in [0.15, 0.2) is 0 Å². The molecule has 100 valence electrons. The molecule has 0 saturated heterocycles. The van der Waals surface area contributed by atoms with Crippen LogP contribution in [0.5, 0.6) is 0 Å². The van der Waals surface area contributed by atoms with E-state index in [1.807, 2.05) is 0 Å². The lowest BCUT2D eigenvalue weighted by Gasteiger charge is -2.31. The first-order valence-corrected chi connectivity index (χ1v) is 8.38. The van der Waals surface area contributed by atoms with E-state index in [0.29, 0.717) is 0 Å². The van der Waals surface area contributed by atoms with Crippen LogP contribution >= 0.6 is 0 Å². The van der Waals surface area contributed by atoms with Crippen molar-refractivity contribution in [2.75, 3.05) is 0 Å². The highest BCUT2D eigenvalue weighted by atomic mass is 14.3. The average molecular weight is 236 g/mol. The molecule has 0 aliphatic heterocycles. The largest absolute Gasteiger partial charge is 0.0654 e. The van der Waals surface area contributed by atoms with Crippen molar-refractivity contribution in [2.24, 2.45) is 17.8 Å². The van der Waals surface area contributed by atoms with Gasteiger partial charge < -0.3 is 0 Å². The van der Waals surface area contributed by atoms with Gasteiger partial charge in [-0.1, -0.05) is 77.6 Å². The Kier molecular flexibility index (Phi) is 5.88. The van der Waals surface area contributed by atoms with Crippen LogP contribution < -0.4 is 0 Å². The quantitative estimate of drug-likeness (QED) is 0.457. The summed E-state index contributed by atoms with van der Waals surface area (Å²) in [6, 6.07) is 0. The standard InChI is InChI=1S/C17H32/c1-2-3-4-10-17(14-16-11-7-12-16)13-15-8-5-6-9-15/h15-17H,2-14H2,1H3. The summed E-state index contributed by atoms with van der Waals surface area (Å²) in [6.45, 7) is 2.33. The molecule has 0 amide bonds. The first-order chi connectivity index (χ1) is 8.38. The van der Waals surface area contributed by atoms with Crippen LogP contribution in [-0.2, 0) is 0 Å². The lowest BCUT2D eigenvalue weighted by molar-refractivity contribution is 0.215. The predicted molar refractivity (Wildman–Crippen MR) is 76.2 cm³/mol. The topological polar surface area (TPSA) is 0 Å². The molecule has 0 spiro atoms. The molecule has 0 N–H and O–H groups in total. The molecule has 0 aromatic carbocycles. The Bertz CT molecular complexity index is 186. The fraction of sp³-hybridized carbons (Fsp3) is 1.00. The molecular formula is C17H32. The van der Waals surface area contributed by atoms with E-state index in [4.69, 9.17) is 0 Å². The van der Waals surface area contributed by atoms with Crippen molar-refractivity contribution in [3.8, 4) is 0 Å². The first-order valence-electron chi connectivity index (χ1n) is 8.38. The summed E-state index contributed by atoms with van der Waals surface area (Å²) in [5.41, 5.74) is 0.